The van der Waals surface area contributed by atoms with Crippen molar-refractivity contribution in [3.05, 3.63) is 12.4 Å². The summed E-state index contributed by atoms with van der Waals surface area (Å²) in [7, 11) is 0. The van der Waals surface area contributed by atoms with Gasteiger partial charge in [-0.1, -0.05) is 6.92 Å². The molecule has 0 unspecified atom stereocenters. The zero-order chi connectivity index (χ0) is 14.5. The smallest absolute Gasteiger partial charge is 0.234 e. The molecule has 0 radical (unpaired) electrons. The summed E-state index contributed by atoms with van der Waals surface area (Å²) in [5.41, 5.74) is 0. The lowest BCUT2D eigenvalue weighted by molar-refractivity contribution is 0.303. The maximum absolute atomic E-state index is 5.57. The van der Waals surface area contributed by atoms with Crippen LogP contribution >= 0.6 is 0 Å². The Morgan fingerprint density at radius 2 is 2.05 bits per heavy atom. The van der Waals surface area contributed by atoms with Crippen molar-refractivity contribution in [3.63, 3.8) is 0 Å². The van der Waals surface area contributed by atoms with Gasteiger partial charge in [0.25, 0.3) is 0 Å². The second kappa shape index (κ2) is 7.07. The highest BCUT2D eigenvalue weighted by Crippen LogP contribution is 2.24. The van der Waals surface area contributed by atoms with Crippen molar-refractivity contribution in [1.29, 1.82) is 0 Å². The number of rotatable bonds is 7. The first-order chi connectivity index (χ1) is 10.3. The van der Waals surface area contributed by atoms with Crippen LogP contribution in [0.15, 0.2) is 12.4 Å². The summed E-state index contributed by atoms with van der Waals surface area (Å²) < 4.78 is 5.57. The molecule has 1 saturated carbocycles. The van der Waals surface area contributed by atoms with Crippen LogP contribution in [0.1, 0.15) is 39.0 Å². The van der Waals surface area contributed by atoms with Crippen LogP contribution in [0.2, 0.25) is 0 Å². The lowest BCUT2D eigenvalue weighted by Crippen LogP contribution is -2.38. The standard InChI is InChI=1S/C16H26N4O/c1-2-9-21-16-12-17-11-15(19-16)20-7-5-13(6-8-20)10-18-14-3-4-14/h11-14,18H,2-10H2,1H3. The Labute approximate surface area is 127 Å². The fourth-order valence-corrected chi connectivity index (χ4v) is 2.75. The van der Waals surface area contributed by atoms with Crippen molar-refractivity contribution in [1.82, 2.24) is 15.3 Å². The monoisotopic (exact) mass is 290 g/mol. The fourth-order valence-electron chi connectivity index (χ4n) is 2.75. The first-order valence-electron chi connectivity index (χ1n) is 8.28. The predicted molar refractivity (Wildman–Crippen MR) is 83.8 cm³/mol. The minimum absolute atomic E-state index is 0.645. The van der Waals surface area contributed by atoms with E-state index in [-0.39, 0.29) is 0 Å². The second-order valence-electron chi connectivity index (χ2n) is 6.18. The molecule has 1 aliphatic heterocycles. The quantitative estimate of drug-likeness (QED) is 0.834. The van der Waals surface area contributed by atoms with Crippen LogP contribution in [0.3, 0.4) is 0 Å². The number of aromatic nitrogens is 2. The lowest BCUT2D eigenvalue weighted by Gasteiger charge is -2.32. The molecule has 1 N–H and O–H groups in total. The Bertz CT molecular complexity index is 442. The lowest BCUT2D eigenvalue weighted by atomic mass is 9.97. The van der Waals surface area contributed by atoms with Crippen molar-refractivity contribution in [2.24, 2.45) is 5.92 Å². The molecule has 21 heavy (non-hydrogen) atoms. The third-order valence-electron chi connectivity index (χ3n) is 4.26. The molecule has 1 aromatic heterocycles. The molecular formula is C16H26N4O. The number of ether oxygens (including phenoxy) is 1. The molecule has 5 nitrogen and oxygen atoms in total. The first-order valence-corrected chi connectivity index (χ1v) is 8.28. The largest absolute Gasteiger partial charge is 0.477 e. The molecule has 2 heterocycles. The Morgan fingerprint density at radius 1 is 1.24 bits per heavy atom. The van der Waals surface area contributed by atoms with Crippen molar-refractivity contribution < 1.29 is 4.74 Å². The van der Waals surface area contributed by atoms with Gasteiger partial charge in [0, 0.05) is 19.1 Å². The third-order valence-corrected chi connectivity index (χ3v) is 4.26. The van der Waals surface area contributed by atoms with Gasteiger partial charge in [0.05, 0.1) is 19.0 Å². The predicted octanol–water partition coefficient (Wildman–Crippen LogP) is 2.23. The summed E-state index contributed by atoms with van der Waals surface area (Å²) in [6.45, 7) is 6.13. The van der Waals surface area contributed by atoms with E-state index in [1.807, 2.05) is 6.20 Å². The average molecular weight is 290 g/mol. The number of nitrogens with one attached hydrogen (secondary N) is 1. The highest BCUT2D eigenvalue weighted by atomic mass is 16.5. The molecule has 0 atom stereocenters. The summed E-state index contributed by atoms with van der Waals surface area (Å²) in [5.74, 6) is 2.42. The summed E-state index contributed by atoms with van der Waals surface area (Å²) in [6, 6.07) is 0.821. The summed E-state index contributed by atoms with van der Waals surface area (Å²) in [5, 5.41) is 3.65. The van der Waals surface area contributed by atoms with Crippen LogP contribution in [0.4, 0.5) is 5.82 Å². The summed E-state index contributed by atoms with van der Waals surface area (Å²) in [4.78, 5) is 11.2. The summed E-state index contributed by atoms with van der Waals surface area (Å²) in [6.07, 6.45) is 9.76. The SMILES string of the molecule is CCCOc1cncc(N2CCC(CNC3CC3)CC2)n1. The molecule has 0 amide bonds. The minimum Gasteiger partial charge on any atom is -0.477 e. The molecule has 5 heteroatoms. The van der Waals surface area contributed by atoms with Gasteiger partial charge in [0.2, 0.25) is 5.88 Å². The van der Waals surface area contributed by atoms with Gasteiger partial charge in [-0.15, -0.1) is 0 Å². The van der Waals surface area contributed by atoms with E-state index in [1.54, 1.807) is 6.20 Å². The highest BCUT2D eigenvalue weighted by molar-refractivity contribution is 5.38. The van der Waals surface area contributed by atoms with E-state index < -0.39 is 0 Å². The van der Waals surface area contributed by atoms with Crippen molar-refractivity contribution >= 4 is 5.82 Å². The highest BCUT2D eigenvalue weighted by Gasteiger charge is 2.24. The van der Waals surface area contributed by atoms with E-state index in [2.05, 4.69) is 27.1 Å². The molecule has 1 aromatic rings. The molecule has 3 rings (SSSR count). The van der Waals surface area contributed by atoms with Gasteiger partial charge in [-0.3, -0.25) is 4.98 Å². The molecule has 0 bridgehead atoms. The number of hydrogen-bond donors (Lipinski definition) is 1. The molecule has 0 aromatic carbocycles. The normalized spacial score (nSPS) is 19.8. The van der Waals surface area contributed by atoms with Crippen LogP contribution in [-0.2, 0) is 0 Å². The molecule has 1 saturated heterocycles. The minimum atomic E-state index is 0.645. The van der Waals surface area contributed by atoms with Crippen molar-refractivity contribution in [3.8, 4) is 5.88 Å². The Kier molecular flexibility index (Phi) is 4.91. The van der Waals surface area contributed by atoms with Crippen molar-refractivity contribution in [2.45, 2.75) is 45.1 Å². The van der Waals surface area contributed by atoms with Crippen LogP contribution < -0.4 is 15.0 Å². The molecule has 116 valence electrons. The maximum Gasteiger partial charge on any atom is 0.234 e. The van der Waals surface area contributed by atoms with Gasteiger partial charge < -0.3 is 15.0 Å². The molecule has 2 aliphatic rings. The Morgan fingerprint density at radius 3 is 2.76 bits per heavy atom. The van der Waals surface area contributed by atoms with E-state index in [0.29, 0.717) is 12.5 Å². The van der Waals surface area contributed by atoms with E-state index in [4.69, 9.17) is 4.74 Å². The van der Waals surface area contributed by atoms with E-state index in [0.717, 1.165) is 37.3 Å². The zero-order valence-electron chi connectivity index (χ0n) is 12.9. The molecule has 1 aliphatic carbocycles. The first kappa shape index (κ1) is 14.6. The van der Waals surface area contributed by atoms with Gasteiger partial charge in [0.15, 0.2) is 5.82 Å². The fraction of sp³-hybridized carbons (Fsp3) is 0.750. The number of anilines is 1. The Hall–Kier alpha value is -1.36. The van der Waals surface area contributed by atoms with E-state index in [9.17, 15) is 0 Å². The van der Waals surface area contributed by atoms with E-state index in [1.165, 1.54) is 32.2 Å². The van der Waals surface area contributed by atoms with Gasteiger partial charge in [-0.25, -0.2) is 0 Å². The Balaban J connectivity index is 1.48. The molecule has 2 fully saturated rings. The average Bonchev–Trinajstić information content (AvgIpc) is 3.36. The molecule has 0 spiro atoms. The topological polar surface area (TPSA) is 50.3 Å². The van der Waals surface area contributed by atoms with Gasteiger partial charge in [-0.05, 0) is 44.6 Å². The van der Waals surface area contributed by atoms with Crippen LogP contribution in [-0.4, -0.2) is 42.3 Å². The second-order valence-corrected chi connectivity index (χ2v) is 6.18. The van der Waals surface area contributed by atoms with Crippen LogP contribution in [0, 0.1) is 5.92 Å². The maximum atomic E-state index is 5.57. The summed E-state index contributed by atoms with van der Waals surface area (Å²) >= 11 is 0. The third kappa shape index (κ3) is 4.30. The van der Waals surface area contributed by atoms with Gasteiger partial charge in [-0.2, -0.15) is 4.98 Å². The molecular weight excluding hydrogens is 264 g/mol. The van der Waals surface area contributed by atoms with Gasteiger partial charge >= 0.3 is 0 Å². The van der Waals surface area contributed by atoms with Crippen LogP contribution in [0.5, 0.6) is 5.88 Å². The van der Waals surface area contributed by atoms with Gasteiger partial charge in [0.1, 0.15) is 0 Å². The van der Waals surface area contributed by atoms with Crippen LogP contribution in [0.25, 0.3) is 0 Å². The number of piperidine rings is 1. The number of hydrogen-bond acceptors (Lipinski definition) is 5. The number of nitrogens with zero attached hydrogens (tertiary/aromatic N) is 3. The zero-order valence-corrected chi connectivity index (χ0v) is 12.9. The van der Waals surface area contributed by atoms with Crippen molar-refractivity contribution in [2.75, 3.05) is 31.1 Å². The van der Waals surface area contributed by atoms with E-state index >= 15 is 0 Å².